The molecule has 8 heteroatoms. The lowest BCUT2D eigenvalue weighted by Crippen LogP contribution is -2.54. The van der Waals surface area contributed by atoms with E-state index in [2.05, 4.69) is 5.32 Å². The summed E-state index contributed by atoms with van der Waals surface area (Å²) < 4.78 is 5.34. The first-order chi connectivity index (χ1) is 13.5. The van der Waals surface area contributed by atoms with Gasteiger partial charge in [0.25, 0.3) is 0 Å². The molecule has 2 aliphatic heterocycles. The number of hydrogen-bond acceptors (Lipinski definition) is 5. The zero-order chi connectivity index (χ0) is 21.4. The summed E-state index contributed by atoms with van der Waals surface area (Å²) in [5, 5.41) is 3.15. The van der Waals surface area contributed by atoms with Gasteiger partial charge in [-0.3, -0.25) is 14.5 Å². The highest BCUT2D eigenvalue weighted by atomic mass is 32.2. The van der Waals surface area contributed by atoms with Gasteiger partial charge in [-0.1, -0.05) is 12.8 Å². The average Bonchev–Trinajstić information content (AvgIpc) is 3.21. The number of thioether (sulfide) groups is 1. The summed E-state index contributed by atoms with van der Waals surface area (Å²) in [6.45, 7) is 7.84. The second-order valence-corrected chi connectivity index (χ2v) is 11.1. The SMILES string of the molecule is C[C@@H](C(=O)N[C@H]1CCS[C@H]2CC3(CCCC3)CN2C1=O)N(C)C(=O)OC(C)(C)C. The first kappa shape index (κ1) is 22.2. The molecular weight excluding hydrogens is 390 g/mol. The van der Waals surface area contributed by atoms with Crippen molar-refractivity contribution >= 4 is 29.7 Å². The van der Waals surface area contributed by atoms with Crippen LogP contribution in [0.5, 0.6) is 0 Å². The maximum Gasteiger partial charge on any atom is 0.410 e. The Bertz CT molecular complexity index is 657. The van der Waals surface area contributed by atoms with Crippen molar-refractivity contribution in [3.63, 3.8) is 0 Å². The number of likely N-dealkylation sites (N-methyl/N-ethyl adjacent to an activating group) is 1. The molecule has 0 bridgehead atoms. The molecule has 0 radical (unpaired) electrons. The number of carbonyl (C=O) groups excluding carboxylic acids is 3. The maximum atomic E-state index is 13.2. The minimum Gasteiger partial charge on any atom is -0.444 e. The zero-order valence-electron chi connectivity index (χ0n) is 18.3. The third-order valence-electron chi connectivity index (χ3n) is 6.38. The average molecular weight is 426 g/mol. The standard InChI is InChI=1S/C21H35N3O4S/c1-14(23(5)19(27)28-20(2,3)4)17(25)22-15-8-11-29-16-12-21(9-6-7-10-21)13-24(16)18(15)26/h14-16H,6-13H2,1-5H3,(H,22,25)/t14-,15-,16-/m0/s1. The molecule has 3 amide bonds. The Kier molecular flexibility index (Phi) is 6.41. The smallest absolute Gasteiger partial charge is 0.410 e. The molecule has 2 heterocycles. The van der Waals surface area contributed by atoms with E-state index in [1.54, 1.807) is 34.7 Å². The third-order valence-corrected chi connectivity index (χ3v) is 7.66. The Morgan fingerprint density at radius 1 is 1.31 bits per heavy atom. The molecule has 1 spiro atoms. The summed E-state index contributed by atoms with van der Waals surface area (Å²) in [6.07, 6.45) is 6.10. The van der Waals surface area contributed by atoms with Gasteiger partial charge in [0, 0.05) is 13.6 Å². The number of rotatable bonds is 3. The van der Waals surface area contributed by atoms with Crippen molar-refractivity contribution in [3.05, 3.63) is 0 Å². The van der Waals surface area contributed by atoms with Crippen LogP contribution in [0.1, 0.15) is 66.2 Å². The van der Waals surface area contributed by atoms with Gasteiger partial charge in [0.15, 0.2) is 0 Å². The lowest BCUT2D eigenvalue weighted by molar-refractivity contribution is -0.137. The number of fused-ring (bicyclic) bond motifs is 1. The fourth-order valence-electron chi connectivity index (χ4n) is 4.60. The molecule has 0 aromatic carbocycles. The number of nitrogens with zero attached hydrogens (tertiary/aromatic N) is 2. The van der Waals surface area contributed by atoms with Crippen LogP contribution in [0.25, 0.3) is 0 Å². The predicted octanol–water partition coefficient (Wildman–Crippen LogP) is 2.98. The van der Waals surface area contributed by atoms with Crippen LogP contribution in [-0.4, -0.2) is 70.1 Å². The van der Waals surface area contributed by atoms with Crippen molar-refractivity contribution in [1.82, 2.24) is 15.1 Å². The first-order valence-corrected chi connectivity index (χ1v) is 11.7. The Hall–Kier alpha value is -1.44. The van der Waals surface area contributed by atoms with Gasteiger partial charge in [-0.25, -0.2) is 4.79 Å². The van der Waals surface area contributed by atoms with Gasteiger partial charge in [0.05, 0.1) is 5.37 Å². The normalized spacial score (nSPS) is 27.3. The fourth-order valence-corrected chi connectivity index (χ4v) is 6.08. The number of nitrogens with one attached hydrogen (secondary N) is 1. The molecule has 7 nitrogen and oxygen atoms in total. The van der Waals surface area contributed by atoms with E-state index in [4.69, 9.17) is 4.74 Å². The molecule has 1 aliphatic carbocycles. The topological polar surface area (TPSA) is 79.0 Å². The zero-order valence-corrected chi connectivity index (χ0v) is 19.1. The van der Waals surface area contributed by atoms with Crippen molar-refractivity contribution < 1.29 is 19.1 Å². The van der Waals surface area contributed by atoms with Crippen LogP contribution in [0.4, 0.5) is 4.79 Å². The summed E-state index contributed by atoms with van der Waals surface area (Å²) in [4.78, 5) is 41.5. The molecule has 3 aliphatic rings. The largest absolute Gasteiger partial charge is 0.444 e. The van der Waals surface area contributed by atoms with Crippen LogP contribution in [0.3, 0.4) is 0 Å². The van der Waals surface area contributed by atoms with Gasteiger partial charge >= 0.3 is 6.09 Å². The molecule has 3 fully saturated rings. The van der Waals surface area contributed by atoms with E-state index in [-0.39, 0.29) is 17.2 Å². The van der Waals surface area contributed by atoms with Crippen molar-refractivity contribution in [2.24, 2.45) is 5.41 Å². The highest BCUT2D eigenvalue weighted by Crippen LogP contribution is 2.50. The first-order valence-electron chi connectivity index (χ1n) is 10.7. The highest BCUT2D eigenvalue weighted by Gasteiger charge is 2.49. The quantitative estimate of drug-likeness (QED) is 0.752. The molecule has 3 atom stereocenters. The van der Waals surface area contributed by atoms with Gasteiger partial charge in [0.2, 0.25) is 11.8 Å². The number of hydrogen-bond donors (Lipinski definition) is 1. The van der Waals surface area contributed by atoms with E-state index >= 15 is 0 Å². The summed E-state index contributed by atoms with van der Waals surface area (Å²) in [6, 6.07) is -1.24. The summed E-state index contributed by atoms with van der Waals surface area (Å²) in [5.74, 6) is 0.559. The predicted molar refractivity (Wildman–Crippen MR) is 113 cm³/mol. The monoisotopic (exact) mass is 425 g/mol. The fraction of sp³-hybridized carbons (Fsp3) is 0.857. The molecule has 1 N–H and O–H groups in total. The molecule has 1 saturated carbocycles. The van der Waals surface area contributed by atoms with Crippen LogP contribution in [0.15, 0.2) is 0 Å². The Labute approximate surface area is 178 Å². The van der Waals surface area contributed by atoms with Gasteiger partial charge < -0.3 is 15.0 Å². The lowest BCUT2D eigenvalue weighted by Gasteiger charge is -2.30. The van der Waals surface area contributed by atoms with Crippen LogP contribution >= 0.6 is 11.8 Å². The number of amides is 3. The minimum absolute atomic E-state index is 0.0317. The molecule has 2 saturated heterocycles. The van der Waals surface area contributed by atoms with Crippen LogP contribution in [0.2, 0.25) is 0 Å². The van der Waals surface area contributed by atoms with Gasteiger partial charge in [-0.2, -0.15) is 0 Å². The Morgan fingerprint density at radius 2 is 1.97 bits per heavy atom. The molecule has 29 heavy (non-hydrogen) atoms. The van der Waals surface area contributed by atoms with Crippen molar-refractivity contribution in [2.45, 2.75) is 89.3 Å². The molecule has 0 aromatic heterocycles. The minimum atomic E-state index is -0.718. The van der Waals surface area contributed by atoms with Gasteiger partial charge in [-0.15, -0.1) is 11.8 Å². The van der Waals surface area contributed by atoms with Crippen molar-refractivity contribution in [2.75, 3.05) is 19.3 Å². The van der Waals surface area contributed by atoms with E-state index in [9.17, 15) is 14.4 Å². The van der Waals surface area contributed by atoms with Crippen molar-refractivity contribution in [3.8, 4) is 0 Å². The second kappa shape index (κ2) is 8.36. The summed E-state index contributed by atoms with van der Waals surface area (Å²) >= 11 is 1.85. The second-order valence-electron chi connectivity index (χ2n) is 9.82. The number of ether oxygens (including phenoxy) is 1. The van der Waals surface area contributed by atoms with E-state index in [0.29, 0.717) is 11.8 Å². The molecule has 3 rings (SSSR count). The maximum absolute atomic E-state index is 13.2. The highest BCUT2D eigenvalue weighted by molar-refractivity contribution is 7.99. The van der Waals surface area contributed by atoms with Crippen molar-refractivity contribution in [1.29, 1.82) is 0 Å². The Morgan fingerprint density at radius 3 is 2.59 bits per heavy atom. The summed E-state index contributed by atoms with van der Waals surface area (Å²) in [7, 11) is 1.55. The Balaban J connectivity index is 1.61. The lowest BCUT2D eigenvalue weighted by atomic mass is 9.85. The molecule has 164 valence electrons. The number of carbonyl (C=O) groups is 3. The molecular formula is C21H35N3O4S. The summed E-state index contributed by atoms with van der Waals surface area (Å²) in [5.41, 5.74) is -0.333. The van der Waals surface area contributed by atoms with Crippen LogP contribution in [0, 0.1) is 5.41 Å². The van der Waals surface area contributed by atoms with E-state index in [1.165, 1.54) is 30.6 Å². The van der Waals surface area contributed by atoms with Crippen LogP contribution in [-0.2, 0) is 14.3 Å². The van der Waals surface area contributed by atoms with E-state index < -0.39 is 23.8 Å². The van der Waals surface area contributed by atoms with Crippen LogP contribution < -0.4 is 5.32 Å². The van der Waals surface area contributed by atoms with Gasteiger partial charge in [-0.05, 0) is 64.5 Å². The van der Waals surface area contributed by atoms with Gasteiger partial charge in [0.1, 0.15) is 17.7 Å². The third kappa shape index (κ3) is 5.01. The molecule has 0 aromatic rings. The van der Waals surface area contributed by atoms with E-state index in [0.717, 1.165) is 18.7 Å². The van der Waals surface area contributed by atoms with E-state index in [1.807, 2.05) is 16.7 Å². The molecule has 0 unspecified atom stereocenters.